The number of aryl methyl sites for hydroxylation is 1. The van der Waals surface area contributed by atoms with E-state index in [9.17, 15) is 0 Å². The second-order valence-corrected chi connectivity index (χ2v) is 4.26. The van der Waals surface area contributed by atoms with Crippen molar-refractivity contribution < 1.29 is 0 Å². The van der Waals surface area contributed by atoms with E-state index in [1.165, 1.54) is 5.56 Å². The molecule has 0 atom stereocenters. The molecule has 1 heterocycles. The van der Waals surface area contributed by atoms with Crippen LogP contribution in [-0.4, -0.2) is 11.9 Å². The second kappa shape index (κ2) is 5.12. The molecule has 0 unspecified atom stereocenters. The molecule has 0 aliphatic heterocycles. The molecule has 0 saturated heterocycles. The first kappa shape index (κ1) is 11.2. The Labute approximate surface area is 89.0 Å². The van der Waals surface area contributed by atoms with E-state index in [4.69, 9.17) is 5.84 Å². The molecule has 0 aromatic carbocycles. The summed E-state index contributed by atoms with van der Waals surface area (Å²) in [5.41, 5.74) is 3.97. The molecule has 0 aliphatic carbocycles. The normalized spacial score (nSPS) is 12.2. The zero-order chi connectivity index (χ0) is 10.6. The molecule has 0 saturated carbocycles. The van der Waals surface area contributed by atoms with Crippen molar-refractivity contribution in [3.05, 3.63) is 21.9 Å². The molecule has 0 amide bonds. The molecular formula is C10H17N3S. The summed E-state index contributed by atoms with van der Waals surface area (Å²) in [4.78, 5) is 5.59. The summed E-state index contributed by atoms with van der Waals surface area (Å²) >= 11 is 1.68. The summed E-state index contributed by atoms with van der Waals surface area (Å²) in [6, 6.07) is 2.38. The first-order chi connectivity index (χ1) is 6.69. The fourth-order valence-corrected chi connectivity index (χ4v) is 2.20. The highest BCUT2D eigenvalue weighted by atomic mass is 32.1. The van der Waals surface area contributed by atoms with Gasteiger partial charge in [-0.05, 0) is 37.3 Å². The third-order valence-electron chi connectivity index (χ3n) is 1.87. The van der Waals surface area contributed by atoms with Gasteiger partial charge in [0, 0.05) is 6.04 Å². The average Bonchev–Trinajstić information content (AvgIpc) is 2.61. The fraction of sp³-hybridized carbons (Fsp3) is 0.500. The van der Waals surface area contributed by atoms with Crippen LogP contribution in [0.1, 0.15) is 31.2 Å². The maximum Gasteiger partial charge on any atom is 0.153 e. The van der Waals surface area contributed by atoms with Gasteiger partial charge < -0.3 is 5.43 Å². The van der Waals surface area contributed by atoms with Gasteiger partial charge in [-0.15, -0.1) is 11.3 Å². The highest BCUT2D eigenvalue weighted by Crippen LogP contribution is 2.17. The molecule has 14 heavy (non-hydrogen) atoms. The Bertz CT molecular complexity index is 315. The standard InChI is InChI=1S/C10H17N3S/c1-4-8-5-6-14-9(8)10(13-11)12-7(2)3/h5-7H,4,11H2,1-3H3,(H,12,13). The van der Waals surface area contributed by atoms with Crippen LogP contribution in [0.25, 0.3) is 0 Å². The number of nitrogens with two attached hydrogens (primary N) is 1. The van der Waals surface area contributed by atoms with Crippen molar-refractivity contribution in [1.82, 2.24) is 5.43 Å². The predicted octanol–water partition coefficient (Wildman–Crippen LogP) is 1.93. The number of aliphatic imine (C=N–C) groups is 1. The lowest BCUT2D eigenvalue weighted by Crippen LogP contribution is -2.31. The number of hydrazine groups is 1. The molecule has 1 aromatic rings. The number of hydrogen-bond donors (Lipinski definition) is 2. The first-order valence-corrected chi connectivity index (χ1v) is 5.68. The largest absolute Gasteiger partial charge is 0.308 e. The SMILES string of the molecule is CCc1ccsc1C(=NC(C)C)NN. The van der Waals surface area contributed by atoms with E-state index in [2.05, 4.69) is 28.8 Å². The molecular weight excluding hydrogens is 194 g/mol. The van der Waals surface area contributed by atoms with E-state index in [0.29, 0.717) is 0 Å². The van der Waals surface area contributed by atoms with E-state index < -0.39 is 0 Å². The number of thiophene rings is 1. The van der Waals surface area contributed by atoms with Gasteiger partial charge in [-0.25, -0.2) is 5.84 Å². The van der Waals surface area contributed by atoms with Crippen LogP contribution in [0.3, 0.4) is 0 Å². The Morgan fingerprint density at radius 1 is 1.64 bits per heavy atom. The van der Waals surface area contributed by atoms with Crippen molar-refractivity contribution in [3.63, 3.8) is 0 Å². The van der Waals surface area contributed by atoms with Gasteiger partial charge >= 0.3 is 0 Å². The van der Waals surface area contributed by atoms with Gasteiger partial charge in [-0.2, -0.15) is 0 Å². The minimum Gasteiger partial charge on any atom is -0.308 e. The summed E-state index contributed by atoms with van der Waals surface area (Å²) in [6.07, 6.45) is 1.01. The van der Waals surface area contributed by atoms with Gasteiger partial charge in [0.05, 0.1) is 4.88 Å². The zero-order valence-corrected chi connectivity index (χ0v) is 9.69. The van der Waals surface area contributed by atoms with Crippen LogP contribution in [-0.2, 0) is 6.42 Å². The number of nitrogens with zero attached hydrogens (tertiary/aromatic N) is 1. The third kappa shape index (κ3) is 2.56. The fourth-order valence-electron chi connectivity index (χ4n) is 1.24. The average molecular weight is 211 g/mol. The highest BCUT2D eigenvalue weighted by Gasteiger charge is 2.08. The minimum atomic E-state index is 0.257. The summed E-state index contributed by atoms with van der Waals surface area (Å²) < 4.78 is 0. The minimum absolute atomic E-state index is 0.257. The van der Waals surface area contributed by atoms with E-state index in [1.807, 2.05) is 13.8 Å². The van der Waals surface area contributed by atoms with Crippen LogP contribution in [0.5, 0.6) is 0 Å². The molecule has 0 aliphatic rings. The van der Waals surface area contributed by atoms with Gasteiger partial charge in [0.1, 0.15) is 0 Å². The molecule has 3 N–H and O–H groups in total. The van der Waals surface area contributed by atoms with Crippen LogP contribution in [0.15, 0.2) is 16.4 Å². The maximum absolute atomic E-state index is 5.46. The molecule has 0 radical (unpaired) electrons. The van der Waals surface area contributed by atoms with E-state index in [-0.39, 0.29) is 6.04 Å². The summed E-state index contributed by atoms with van der Waals surface area (Å²) in [7, 11) is 0. The quantitative estimate of drug-likeness (QED) is 0.347. The monoisotopic (exact) mass is 211 g/mol. The second-order valence-electron chi connectivity index (χ2n) is 3.34. The third-order valence-corrected chi connectivity index (χ3v) is 2.83. The van der Waals surface area contributed by atoms with Crippen molar-refractivity contribution in [2.75, 3.05) is 0 Å². The first-order valence-electron chi connectivity index (χ1n) is 4.80. The summed E-state index contributed by atoms with van der Waals surface area (Å²) in [6.45, 7) is 6.21. The van der Waals surface area contributed by atoms with Crippen molar-refractivity contribution in [2.45, 2.75) is 33.2 Å². The molecule has 1 rings (SSSR count). The highest BCUT2D eigenvalue weighted by molar-refractivity contribution is 7.12. The van der Waals surface area contributed by atoms with Crippen LogP contribution < -0.4 is 11.3 Å². The van der Waals surface area contributed by atoms with Crippen molar-refractivity contribution in [1.29, 1.82) is 0 Å². The van der Waals surface area contributed by atoms with Gasteiger partial charge in [0.25, 0.3) is 0 Å². The lowest BCUT2D eigenvalue weighted by atomic mass is 10.2. The Morgan fingerprint density at radius 2 is 2.36 bits per heavy atom. The Hall–Kier alpha value is -0.870. The van der Waals surface area contributed by atoms with Crippen molar-refractivity contribution in [3.8, 4) is 0 Å². The lowest BCUT2D eigenvalue weighted by Gasteiger charge is -2.07. The molecule has 3 nitrogen and oxygen atoms in total. The Morgan fingerprint density at radius 3 is 2.86 bits per heavy atom. The molecule has 0 fully saturated rings. The van der Waals surface area contributed by atoms with Gasteiger partial charge in [0.2, 0.25) is 0 Å². The topological polar surface area (TPSA) is 50.4 Å². The van der Waals surface area contributed by atoms with E-state index in [0.717, 1.165) is 17.1 Å². The van der Waals surface area contributed by atoms with Crippen LogP contribution in [0.2, 0.25) is 0 Å². The van der Waals surface area contributed by atoms with Crippen molar-refractivity contribution >= 4 is 17.2 Å². The van der Waals surface area contributed by atoms with Gasteiger partial charge in [0.15, 0.2) is 5.84 Å². The van der Waals surface area contributed by atoms with Crippen LogP contribution in [0.4, 0.5) is 0 Å². The molecule has 0 bridgehead atoms. The number of amidine groups is 1. The summed E-state index contributed by atoms with van der Waals surface area (Å²) in [5, 5.41) is 2.07. The van der Waals surface area contributed by atoms with E-state index >= 15 is 0 Å². The molecule has 4 heteroatoms. The zero-order valence-electron chi connectivity index (χ0n) is 8.87. The Balaban J connectivity index is 3.00. The molecule has 78 valence electrons. The summed E-state index contributed by atoms with van der Waals surface area (Å²) in [5.74, 6) is 6.26. The molecule has 0 spiro atoms. The van der Waals surface area contributed by atoms with E-state index in [1.54, 1.807) is 11.3 Å². The maximum atomic E-state index is 5.46. The number of nitrogens with one attached hydrogen (secondary N) is 1. The smallest absolute Gasteiger partial charge is 0.153 e. The van der Waals surface area contributed by atoms with Gasteiger partial charge in [-0.1, -0.05) is 6.92 Å². The van der Waals surface area contributed by atoms with Gasteiger partial charge in [-0.3, -0.25) is 4.99 Å². The Kier molecular flexibility index (Phi) is 4.10. The van der Waals surface area contributed by atoms with Crippen molar-refractivity contribution in [2.24, 2.45) is 10.8 Å². The number of hydrogen-bond acceptors (Lipinski definition) is 3. The predicted molar refractivity (Wildman–Crippen MR) is 62.7 cm³/mol. The molecule has 1 aromatic heterocycles. The van der Waals surface area contributed by atoms with Crippen LogP contribution >= 0.6 is 11.3 Å². The lowest BCUT2D eigenvalue weighted by molar-refractivity contribution is 0.821. The van der Waals surface area contributed by atoms with Crippen LogP contribution in [0, 0.1) is 0 Å². The number of rotatable bonds is 3.